The van der Waals surface area contributed by atoms with Crippen LogP contribution in [0.1, 0.15) is 12.5 Å². The summed E-state index contributed by atoms with van der Waals surface area (Å²) in [4.78, 5) is 4.47. The maximum atomic E-state index is 13.0. The first-order chi connectivity index (χ1) is 11.5. The van der Waals surface area contributed by atoms with Gasteiger partial charge in [0.15, 0.2) is 5.82 Å². The number of para-hydroxylation sites is 1. The third-order valence-electron chi connectivity index (χ3n) is 3.61. The lowest BCUT2D eigenvalue weighted by Crippen LogP contribution is -2.14. The monoisotopic (exact) mass is 342 g/mol. The minimum absolute atomic E-state index is 0.223. The zero-order valence-electron chi connectivity index (χ0n) is 13.5. The number of rotatable bonds is 5. The number of nitrogens with zero attached hydrogens (tertiary/aromatic N) is 2. The lowest BCUT2D eigenvalue weighted by atomic mass is 10.2. The molecule has 0 N–H and O–H groups in total. The van der Waals surface area contributed by atoms with E-state index >= 15 is 0 Å². The van der Waals surface area contributed by atoms with Gasteiger partial charge < -0.3 is 4.74 Å². The van der Waals surface area contributed by atoms with Crippen LogP contribution >= 0.6 is 0 Å². The van der Waals surface area contributed by atoms with Crippen molar-refractivity contribution in [1.29, 1.82) is 0 Å². The van der Waals surface area contributed by atoms with E-state index in [0.29, 0.717) is 23.7 Å². The molecule has 24 heavy (non-hydrogen) atoms. The molecule has 124 valence electrons. The van der Waals surface area contributed by atoms with Crippen molar-refractivity contribution in [3.8, 4) is 17.1 Å². The molecule has 0 aliphatic rings. The van der Waals surface area contributed by atoms with Crippen molar-refractivity contribution >= 4 is 10.0 Å². The van der Waals surface area contributed by atoms with E-state index < -0.39 is 10.0 Å². The first kappa shape index (κ1) is 16.3. The Morgan fingerprint density at radius 1 is 1.08 bits per heavy atom. The molecule has 0 atom stereocenters. The number of benzene rings is 2. The Balaban J connectivity index is 2.13. The number of ether oxygens (including phenoxy) is 1. The lowest BCUT2D eigenvalue weighted by Gasteiger charge is -2.12. The molecule has 0 radical (unpaired) electrons. The summed E-state index contributed by atoms with van der Waals surface area (Å²) in [6.45, 7) is 4.28. The van der Waals surface area contributed by atoms with Crippen LogP contribution in [0, 0.1) is 6.92 Å². The van der Waals surface area contributed by atoms with Crippen LogP contribution in [0.5, 0.6) is 5.75 Å². The first-order valence-electron chi connectivity index (χ1n) is 7.62. The van der Waals surface area contributed by atoms with Crippen molar-refractivity contribution in [2.24, 2.45) is 0 Å². The second kappa shape index (κ2) is 6.49. The quantitative estimate of drug-likeness (QED) is 0.712. The second-order valence-electron chi connectivity index (χ2n) is 5.29. The van der Waals surface area contributed by atoms with Crippen LogP contribution in [-0.2, 0) is 10.0 Å². The number of hydrogen-bond donors (Lipinski definition) is 0. The summed E-state index contributed by atoms with van der Waals surface area (Å²) < 4.78 is 32.7. The van der Waals surface area contributed by atoms with Crippen LogP contribution < -0.4 is 4.74 Å². The van der Waals surface area contributed by atoms with Gasteiger partial charge in [-0.25, -0.2) is 17.4 Å². The van der Waals surface area contributed by atoms with Gasteiger partial charge in [-0.05, 0) is 38.1 Å². The highest BCUT2D eigenvalue weighted by Gasteiger charge is 2.22. The molecular formula is C18H18N2O3S. The van der Waals surface area contributed by atoms with Crippen molar-refractivity contribution in [3.63, 3.8) is 0 Å². The lowest BCUT2D eigenvalue weighted by molar-refractivity contribution is 0.341. The van der Waals surface area contributed by atoms with Crippen LogP contribution in [0.3, 0.4) is 0 Å². The van der Waals surface area contributed by atoms with Gasteiger partial charge in [0.25, 0.3) is 10.0 Å². The summed E-state index contributed by atoms with van der Waals surface area (Å²) in [5.74, 6) is 0.936. The predicted molar refractivity (Wildman–Crippen MR) is 92.6 cm³/mol. The van der Waals surface area contributed by atoms with Crippen molar-refractivity contribution < 1.29 is 13.2 Å². The van der Waals surface area contributed by atoms with Crippen molar-refractivity contribution in [2.45, 2.75) is 18.7 Å². The van der Waals surface area contributed by atoms with Crippen molar-refractivity contribution in [3.05, 3.63) is 66.5 Å². The van der Waals surface area contributed by atoms with Gasteiger partial charge >= 0.3 is 0 Å². The summed E-state index contributed by atoms with van der Waals surface area (Å²) in [7, 11) is -3.72. The third kappa shape index (κ3) is 2.92. The minimum atomic E-state index is -3.72. The second-order valence-corrected chi connectivity index (χ2v) is 7.11. The van der Waals surface area contributed by atoms with E-state index in [2.05, 4.69) is 4.98 Å². The predicted octanol–water partition coefficient (Wildman–Crippen LogP) is 3.49. The highest BCUT2D eigenvalue weighted by atomic mass is 32.2. The van der Waals surface area contributed by atoms with Gasteiger partial charge in [-0.2, -0.15) is 0 Å². The molecule has 0 amide bonds. The Morgan fingerprint density at radius 3 is 2.50 bits per heavy atom. The van der Waals surface area contributed by atoms with E-state index in [0.717, 1.165) is 5.56 Å². The third-order valence-corrected chi connectivity index (χ3v) is 5.29. The van der Waals surface area contributed by atoms with Crippen LogP contribution in [0.25, 0.3) is 11.4 Å². The zero-order chi connectivity index (χ0) is 17.2. The minimum Gasteiger partial charge on any atom is -0.493 e. The summed E-state index contributed by atoms with van der Waals surface area (Å²) in [6, 6.07) is 14.0. The Labute approximate surface area is 141 Å². The van der Waals surface area contributed by atoms with Crippen LogP contribution in [0.4, 0.5) is 0 Å². The van der Waals surface area contributed by atoms with Gasteiger partial charge in [0.2, 0.25) is 0 Å². The summed E-state index contributed by atoms with van der Waals surface area (Å²) in [6.07, 6.45) is 2.93. The highest BCUT2D eigenvalue weighted by Crippen LogP contribution is 2.30. The first-order valence-corrected chi connectivity index (χ1v) is 9.06. The largest absolute Gasteiger partial charge is 0.493 e. The zero-order valence-corrected chi connectivity index (χ0v) is 14.3. The molecule has 2 aromatic carbocycles. The standard InChI is InChI=1S/C18H18N2O3S/c1-3-23-17-7-5-4-6-16(17)18-19-12-13-20(18)24(21,22)15-10-8-14(2)9-11-15/h4-13H,3H2,1-2H3. The molecule has 5 nitrogen and oxygen atoms in total. The van der Waals surface area contributed by atoms with Crippen molar-refractivity contribution in [2.75, 3.05) is 6.61 Å². The van der Waals surface area contributed by atoms with Gasteiger partial charge in [0.1, 0.15) is 5.75 Å². The van der Waals surface area contributed by atoms with Gasteiger partial charge in [-0.3, -0.25) is 0 Å². The number of aryl methyl sites for hydroxylation is 1. The fourth-order valence-electron chi connectivity index (χ4n) is 2.43. The van der Waals surface area contributed by atoms with Crippen LogP contribution in [0.15, 0.2) is 65.8 Å². The van der Waals surface area contributed by atoms with Gasteiger partial charge in [-0.15, -0.1) is 0 Å². The summed E-state index contributed by atoms with van der Waals surface area (Å²) in [5.41, 5.74) is 1.64. The fourth-order valence-corrected chi connectivity index (χ4v) is 3.73. The maximum Gasteiger partial charge on any atom is 0.269 e. The molecular weight excluding hydrogens is 324 g/mol. The van der Waals surface area contributed by atoms with Gasteiger partial charge in [0, 0.05) is 12.4 Å². The van der Waals surface area contributed by atoms with E-state index in [-0.39, 0.29) is 4.90 Å². The number of imidazole rings is 1. The highest BCUT2D eigenvalue weighted by molar-refractivity contribution is 7.90. The Kier molecular flexibility index (Phi) is 4.40. The molecule has 6 heteroatoms. The average molecular weight is 342 g/mol. The summed E-state index contributed by atoms with van der Waals surface area (Å²) in [5, 5.41) is 0. The molecule has 3 rings (SSSR count). The van der Waals surface area contributed by atoms with Gasteiger partial charge in [0.05, 0.1) is 17.1 Å². The molecule has 0 unspecified atom stereocenters. The van der Waals surface area contributed by atoms with E-state index in [1.54, 1.807) is 36.4 Å². The SMILES string of the molecule is CCOc1ccccc1-c1nccn1S(=O)(=O)c1ccc(C)cc1. The van der Waals surface area contributed by atoms with Gasteiger partial charge in [-0.1, -0.05) is 29.8 Å². The average Bonchev–Trinajstić information content (AvgIpc) is 3.06. The van der Waals surface area contributed by atoms with Crippen LogP contribution in [0.2, 0.25) is 0 Å². The van der Waals surface area contributed by atoms with E-state index in [1.165, 1.54) is 16.4 Å². The Morgan fingerprint density at radius 2 is 1.79 bits per heavy atom. The maximum absolute atomic E-state index is 13.0. The van der Waals surface area contributed by atoms with Crippen molar-refractivity contribution in [1.82, 2.24) is 8.96 Å². The molecule has 1 aromatic heterocycles. The molecule has 0 aliphatic heterocycles. The molecule has 0 fully saturated rings. The van der Waals surface area contributed by atoms with E-state index in [4.69, 9.17) is 4.74 Å². The van der Waals surface area contributed by atoms with Crippen LogP contribution in [-0.4, -0.2) is 24.0 Å². The number of hydrogen-bond acceptors (Lipinski definition) is 4. The molecule has 0 saturated carbocycles. The molecule has 0 saturated heterocycles. The topological polar surface area (TPSA) is 61.2 Å². The smallest absolute Gasteiger partial charge is 0.269 e. The molecule has 0 bridgehead atoms. The molecule has 0 aliphatic carbocycles. The van der Waals surface area contributed by atoms with E-state index in [1.807, 2.05) is 26.0 Å². The Bertz CT molecular complexity index is 944. The van der Waals surface area contributed by atoms with E-state index in [9.17, 15) is 8.42 Å². The molecule has 3 aromatic rings. The molecule has 1 heterocycles. The molecule has 0 spiro atoms. The fraction of sp³-hybridized carbons (Fsp3) is 0.167. The Hall–Kier alpha value is -2.60. The number of aromatic nitrogens is 2. The normalized spacial score (nSPS) is 11.4. The summed E-state index contributed by atoms with van der Waals surface area (Å²) >= 11 is 0.